The topological polar surface area (TPSA) is 181 Å². The van der Waals surface area contributed by atoms with E-state index in [0.717, 1.165) is 22.3 Å². The molecule has 17 aromatic rings. The Labute approximate surface area is 768 Å². The van der Waals surface area contributed by atoms with Crippen molar-refractivity contribution in [1.82, 2.24) is 49.0 Å². The van der Waals surface area contributed by atoms with Crippen LogP contribution in [-0.4, -0.2) is 81.3 Å². The molecule has 0 saturated heterocycles. The molecule has 0 unspecified atom stereocenters. The van der Waals surface area contributed by atoms with E-state index >= 15 is 19.2 Å². The van der Waals surface area contributed by atoms with Crippen LogP contribution in [0, 0.1) is 45.9 Å². The van der Waals surface area contributed by atoms with Gasteiger partial charge in [0.1, 0.15) is 54.4 Å². The molecule has 6 aromatic heterocycles. The van der Waals surface area contributed by atoms with Gasteiger partial charge in [0.15, 0.2) is 22.6 Å². The fraction of sp³-hybridized carbons (Fsp3) is 0.429. The summed E-state index contributed by atoms with van der Waals surface area (Å²) >= 11 is 0. The number of aromatic nitrogens is 10. The van der Waals surface area contributed by atoms with Crippen LogP contribution < -0.4 is 22.2 Å². The molecule has 0 atom stereocenters. The van der Waals surface area contributed by atoms with Crippen LogP contribution in [0.4, 0.5) is 0 Å². The quantitative estimate of drug-likeness (QED) is 0.0344. The van der Waals surface area contributed by atoms with Gasteiger partial charge >= 0.3 is 0 Å². The highest BCUT2D eigenvalue weighted by Crippen LogP contribution is 2.56. The highest BCUT2D eigenvalue weighted by atomic mass is 28.3. The Bertz CT molecular complexity index is 7130. The van der Waals surface area contributed by atoms with Crippen molar-refractivity contribution in [3.8, 4) is 57.2 Å². The third kappa shape index (κ3) is 13.1. The zero-order valence-electron chi connectivity index (χ0n) is 82.4. The molecular formula is C112H126N10O4Si4. The van der Waals surface area contributed by atoms with Crippen molar-refractivity contribution < 1.29 is 0 Å². The molecule has 664 valence electrons. The van der Waals surface area contributed by atoms with Gasteiger partial charge in [0, 0.05) is 86.2 Å². The normalized spacial score (nSPS) is 13.3. The lowest BCUT2D eigenvalue weighted by Crippen LogP contribution is -2.43. The predicted molar refractivity (Wildman–Crippen MR) is 562 cm³/mol. The van der Waals surface area contributed by atoms with Crippen molar-refractivity contribution in [2.24, 2.45) is 0 Å². The van der Waals surface area contributed by atoms with E-state index in [0.29, 0.717) is 209 Å². The summed E-state index contributed by atoms with van der Waals surface area (Å²) in [4.78, 5) is 114. The summed E-state index contributed by atoms with van der Waals surface area (Å²) in [6.07, 6.45) is 0. The molecule has 14 nitrogen and oxygen atoms in total. The zero-order valence-corrected chi connectivity index (χ0v) is 86.4. The van der Waals surface area contributed by atoms with Gasteiger partial charge in [-0.05, 0) is 161 Å². The first-order valence-corrected chi connectivity index (χ1v) is 56.9. The van der Waals surface area contributed by atoms with Gasteiger partial charge in [-0.1, -0.05) is 282 Å². The first-order chi connectivity index (χ1) is 61.4. The molecule has 0 amide bonds. The summed E-state index contributed by atoms with van der Waals surface area (Å²) in [5.74, 6) is 14.8. The summed E-state index contributed by atoms with van der Waals surface area (Å²) < 4.78 is 2.86. The van der Waals surface area contributed by atoms with Crippen LogP contribution in [0.3, 0.4) is 0 Å². The van der Waals surface area contributed by atoms with Crippen LogP contribution in [-0.2, 0) is 0 Å². The van der Waals surface area contributed by atoms with E-state index in [-0.39, 0.29) is 67.8 Å². The second-order valence-electron chi connectivity index (χ2n) is 42.9. The van der Waals surface area contributed by atoms with Gasteiger partial charge in [0.05, 0.1) is 55.7 Å². The fourth-order valence-electron chi connectivity index (χ4n) is 25.1. The van der Waals surface area contributed by atoms with E-state index in [2.05, 4.69) is 292 Å². The lowest BCUT2D eigenvalue weighted by atomic mass is 9.79. The molecule has 0 aliphatic rings. The molecule has 0 aliphatic heterocycles. The van der Waals surface area contributed by atoms with Crippen LogP contribution in [0.2, 0.25) is 66.5 Å². The first-order valence-electron chi connectivity index (χ1n) is 47.9. The molecular weight excluding hydrogens is 1660 g/mol. The molecule has 11 aromatic carbocycles. The Hall–Kier alpha value is -11.0. The monoisotopic (exact) mass is 1790 g/mol. The zero-order chi connectivity index (χ0) is 93.9. The van der Waals surface area contributed by atoms with E-state index in [4.69, 9.17) is 39.9 Å². The highest BCUT2D eigenvalue weighted by molar-refractivity contribution is 6.92. The molecule has 0 bridgehead atoms. The molecule has 130 heavy (non-hydrogen) atoms. The van der Waals surface area contributed by atoms with E-state index in [9.17, 15) is 0 Å². The van der Waals surface area contributed by atoms with Gasteiger partial charge in [0.2, 0.25) is 0 Å². The molecule has 6 heterocycles. The predicted octanol–water partition coefficient (Wildman–Crippen LogP) is 28.0. The summed E-state index contributed by atoms with van der Waals surface area (Å²) in [6.45, 7) is 72.6. The number of rotatable bonds is 18. The van der Waals surface area contributed by atoms with Gasteiger partial charge in [0.25, 0.3) is 22.2 Å². The van der Waals surface area contributed by atoms with Gasteiger partial charge in [-0.25, -0.2) is 49.0 Å². The van der Waals surface area contributed by atoms with Crippen molar-refractivity contribution in [2.75, 3.05) is 0 Å². The van der Waals surface area contributed by atoms with Crippen LogP contribution in [0.15, 0.2) is 104 Å². The van der Waals surface area contributed by atoms with Crippen LogP contribution >= 0.6 is 0 Å². The maximum Gasteiger partial charge on any atom is 0.266 e. The number of benzene rings is 11. The van der Waals surface area contributed by atoms with E-state index in [1.165, 1.54) is 9.13 Å². The van der Waals surface area contributed by atoms with Crippen molar-refractivity contribution in [3.63, 3.8) is 0 Å². The third-order valence-electron chi connectivity index (χ3n) is 31.2. The fourth-order valence-corrected chi connectivity index (χ4v) is 46.0. The maximum absolute atomic E-state index is 17.1. The van der Waals surface area contributed by atoms with Crippen molar-refractivity contribution >= 4 is 185 Å². The standard InChI is InChI=1S/C112H126N10O4Si4/c1-55(2)75-35-33-36-76(56(3)4)103(75)121-109(123)83-51-79-89-91-81(101-99(79)117-105-107(119-101)115-97-73(45-49-129(65(21)22,66(23)24)67(25)26)41-39-71(95(97)113-105)43-47-127(59(9)10,60(11)12)61(13)14)53-85-88-86(112(126)122(111(85)125)104-77(57(5)6)37-34-38-78(104)58(7)8)54-82-92(94(88)91)90-80(52-84(110(121)124)87(83)93(89)90)100-102(82)120-108-106(118-100)114-96-72(44-48-128(62(15)16,63(17)18)64(19)20)40-42-74(98(96)116-108)46-50-130(68(27)28,69(29)30)70(31)32/h33-42,51-70H,1-32H3. The molecule has 0 N–H and O–H groups in total. The average molecular weight is 1790 g/mol. The number of hydrogen-bond donors (Lipinski definition) is 0. The molecule has 0 saturated carbocycles. The average Bonchev–Trinajstić information content (AvgIpc) is 0.650. The van der Waals surface area contributed by atoms with Crippen LogP contribution in [0.5, 0.6) is 0 Å². The second kappa shape index (κ2) is 32.5. The summed E-state index contributed by atoms with van der Waals surface area (Å²) in [7, 11) is -9.41. The van der Waals surface area contributed by atoms with Gasteiger partial charge in [-0.3, -0.25) is 19.2 Å². The van der Waals surface area contributed by atoms with Gasteiger partial charge in [-0.15, -0.1) is 22.2 Å². The van der Waals surface area contributed by atoms with Crippen LogP contribution in [0.1, 0.15) is 290 Å². The molecule has 18 heteroatoms. The van der Waals surface area contributed by atoms with E-state index < -0.39 is 54.5 Å². The highest BCUT2D eigenvalue weighted by Gasteiger charge is 2.46. The number of pyridine rings is 2. The first kappa shape index (κ1) is 90.9. The number of hydrogen-bond acceptors (Lipinski definition) is 12. The molecule has 0 aliphatic carbocycles. The number of fused-ring (bicyclic) bond motifs is 10. The van der Waals surface area contributed by atoms with Gasteiger partial charge in [-0.2, -0.15) is 0 Å². The van der Waals surface area contributed by atoms with E-state index in [1.54, 1.807) is 0 Å². The van der Waals surface area contributed by atoms with Crippen molar-refractivity contribution in [1.29, 1.82) is 0 Å². The third-order valence-corrected chi connectivity index (χ3v) is 56.4. The summed E-state index contributed by atoms with van der Waals surface area (Å²) in [5, 5.41) is 8.15. The Kier molecular flexibility index (Phi) is 22.7. The number of nitrogens with zero attached hydrogens (tertiary/aromatic N) is 10. The van der Waals surface area contributed by atoms with Crippen molar-refractivity contribution in [3.05, 3.63) is 171 Å². The Morgan fingerprint density at radius 3 is 0.569 bits per heavy atom. The summed E-state index contributed by atoms with van der Waals surface area (Å²) in [6, 6.07) is 28.2. The molecule has 0 fully saturated rings. The summed E-state index contributed by atoms with van der Waals surface area (Å²) in [5.41, 5.74) is 30.4. The van der Waals surface area contributed by atoms with Crippen LogP contribution in [0.25, 0.3) is 164 Å². The minimum atomic E-state index is -2.35. The smallest absolute Gasteiger partial charge is 0.266 e. The van der Waals surface area contributed by atoms with E-state index in [1.807, 2.05) is 60.7 Å². The Morgan fingerprint density at radius 1 is 0.223 bits per heavy atom. The maximum atomic E-state index is 17.1. The lowest BCUT2D eigenvalue weighted by Gasteiger charge is -2.38. The molecule has 0 spiro atoms. The molecule has 17 rings (SSSR count). The minimum absolute atomic E-state index is 0.108. The second-order valence-corrected chi connectivity index (χ2v) is 65.2. The molecule has 0 radical (unpaired) electrons. The Balaban J connectivity index is 1.14. The van der Waals surface area contributed by atoms with Gasteiger partial charge < -0.3 is 0 Å². The lowest BCUT2D eigenvalue weighted by molar-refractivity contribution is 0.792. The largest absolute Gasteiger partial charge is 0.268 e. The number of para-hydroxylation sites is 2. The minimum Gasteiger partial charge on any atom is -0.268 e. The Morgan fingerprint density at radius 2 is 0.400 bits per heavy atom. The van der Waals surface area contributed by atoms with Crippen molar-refractivity contribution in [2.45, 2.75) is 312 Å². The SMILES string of the molecule is CC(C)c1cccc(C(C)C)c1-n1c(=O)c2cc3c4nc5nc6c(C#C[Si](C(C)C)(C(C)C)C(C)C)ccc(C#C[Si](C(C)C)(C(C)C)C(C)C)c6nc5nc4c4cc5c(=O)n(-c6c(C(C)C)cccc6C(C)C)c(=O)c6cc7c8nc9nc%10c(C#C[Si](C(C)C)(C(C)C)C(C)C)ccc(C#C[Si](C(C)C)(C(C)C)C(C)C)c%10nc9nc8c8cc(c1=O)c2c1c3c4c(c56)c7c81.